The quantitative estimate of drug-likeness (QED) is 0.266. The molecule has 0 bridgehead atoms. The van der Waals surface area contributed by atoms with E-state index < -0.39 is 0 Å². The maximum atomic E-state index is 9.04. The summed E-state index contributed by atoms with van der Waals surface area (Å²) >= 11 is 0. The third-order valence-corrected chi connectivity index (χ3v) is 3.56. The Kier molecular flexibility index (Phi) is 18.7. The van der Waals surface area contributed by atoms with Crippen LogP contribution in [0.3, 0.4) is 0 Å². The normalized spacial score (nSPS) is 14.0. The van der Waals surface area contributed by atoms with Gasteiger partial charge in [-0.15, -0.1) is 0 Å². The lowest BCUT2D eigenvalue weighted by atomic mass is 10.2. The first-order valence-electron chi connectivity index (χ1n) is 9.55. The van der Waals surface area contributed by atoms with Gasteiger partial charge in [-0.05, 0) is 50.5 Å². The van der Waals surface area contributed by atoms with Gasteiger partial charge in [0.1, 0.15) is 0 Å². The van der Waals surface area contributed by atoms with Crippen molar-refractivity contribution in [3.8, 4) is 0 Å². The number of rotatable bonds is 14. The van der Waals surface area contributed by atoms with Crippen molar-refractivity contribution in [2.75, 3.05) is 6.61 Å². The van der Waals surface area contributed by atoms with E-state index in [1.807, 2.05) is 12.2 Å². The molecule has 0 aromatic heterocycles. The van der Waals surface area contributed by atoms with Crippen molar-refractivity contribution in [1.29, 1.82) is 0 Å². The van der Waals surface area contributed by atoms with Gasteiger partial charge in [0.25, 0.3) is 0 Å². The molecule has 0 aliphatic heterocycles. The fourth-order valence-corrected chi connectivity index (χ4v) is 1.99. The van der Waals surface area contributed by atoms with E-state index in [-0.39, 0.29) is 6.61 Å². The molecule has 25 heavy (non-hydrogen) atoms. The van der Waals surface area contributed by atoms with Gasteiger partial charge >= 0.3 is 0 Å². The molecule has 0 radical (unpaired) electrons. The molecule has 0 atom stereocenters. The monoisotopic (exact) mass is 340 g/mol. The van der Waals surface area contributed by atoms with Crippen molar-refractivity contribution < 1.29 is 5.11 Å². The number of hydrogen-bond acceptors (Lipinski definition) is 1. The molecule has 0 saturated carbocycles. The Labute approximate surface area is 155 Å². The Morgan fingerprint density at radius 3 is 1.36 bits per heavy atom. The van der Waals surface area contributed by atoms with E-state index in [9.17, 15) is 0 Å². The Bertz CT molecular complexity index is 478. The molecule has 0 aromatic carbocycles. The standard InChI is InChI=1S/C24H36O/c1-3-5-6-7-8-9-10-11-12-13-14-15-16-17-18-19-20-21-22-24(4-2)23-25/h5-6,8-9,11-12,14-15,17-18,20-22,25H,3-4,7,10,13,16,19,23H2,1-2H3/b6-5+,9-8+,12-11+,15-14+,18-17+,21-20+,24-22-. The summed E-state index contributed by atoms with van der Waals surface area (Å²) in [6.07, 6.45) is 35.2. The molecule has 0 aliphatic rings. The van der Waals surface area contributed by atoms with Crippen LogP contribution in [0.2, 0.25) is 0 Å². The van der Waals surface area contributed by atoms with E-state index in [1.54, 1.807) is 0 Å². The summed E-state index contributed by atoms with van der Waals surface area (Å²) in [6, 6.07) is 0. The van der Waals surface area contributed by atoms with Crippen LogP contribution < -0.4 is 0 Å². The van der Waals surface area contributed by atoms with Crippen molar-refractivity contribution in [3.05, 3.63) is 84.6 Å². The molecule has 1 nitrogen and oxygen atoms in total. The molecule has 0 saturated heterocycles. The molecule has 0 heterocycles. The molecule has 0 aromatic rings. The first kappa shape index (κ1) is 23.1. The van der Waals surface area contributed by atoms with Gasteiger partial charge in [0.05, 0.1) is 6.61 Å². The van der Waals surface area contributed by atoms with Crippen LogP contribution in [0.4, 0.5) is 0 Å². The van der Waals surface area contributed by atoms with E-state index in [0.717, 1.165) is 50.5 Å². The van der Waals surface area contributed by atoms with E-state index in [4.69, 9.17) is 5.11 Å². The van der Waals surface area contributed by atoms with Gasteiger partial charge < -0.3 is 5.11 Å². The second kappa shape index (κ2) is 20.2. The minimum absolute atomic E-state index is 0.155. The third kappa shape index (κ3) is 18.3. The molecule has 0 amide bonds. The molecular weight excluding hydrogens is 304 g/mol. The molecule has 0 spiro atoms. The zero-order valence-corrected chi connectivity index (χ0v) is 16.1. The van der Waals surface area contributed by atoms with E-state index in [1.165, 1.54) is 0 Å². The number of aliphatic hydroxyl groups is 1. The fraction of sp³-hybridized carbons (Fsp3) is 0.417. The van der Waals surface area contributed by atoms with Crippen LogP contribution in [-0.2, 0) is 0 Å². The highest BCUT2D eigenvalue weighted by atomic mass is 16.3. The van der Waals surface area contributed by atoms with Gasteiger partial charge in [0.2, 0.25) is 0 Å². The fourth-order valence-electron chi connectivity index (χ4n) is 1.99. The molecule has 0 unspecified atom stereocenters. The first-order chi connectivity index (χ1) is 12.3. The van der Waals surface area contributed by atoms with Crippen molar-refractivity contribution in [1.82, 2.24) is 0 Å². The number of allylic oxidation sites excluding steroid dienone is 13. The predicted octanol–water partition coefficient (Wildman–Crippen LogP) is 7.01. The highest BCUT2D eigenvalue weighted by molar-refractivity contribution is 5.13. The number of aliphatic hydroxyl groups excluding tert-OH is 1. The van der Waals surface area contributed by atoms with Crippen molar-refractivity contribution >= 4 is 0 Å². The van der Waals surface area contributed by atoms with Crippen molar-refractivity contribution in [2.24, 2.45) is 0 Å². The maximum absolute atomic E-state index is 9.04. The summed E-state index contributed by atoms with van der Waals surface area (Å²) in [5.74, 6) is 0. The Morgan fingerprint density at radius 2 is 1.00 bits per heavy atom. The topological polar surface area (TPSA) is 20.2 Å². The summed E-state index contributed by atoms with van der Waals surface area (Å²) in [5.41, 5.74) is 1.07. The molecule has 1 N–H and O–H groups in total. The van der Waals surface area contributed by atoms with Crippen LogP contribution in [0.1, 0.15) is 58.8 Å². The van der Waals surface area contributed by atoms with Crippen molar-refractivity contribution in [2.45, 2.75) is 58.8 Å². The van der Waals surface area contributed by atoms with Crippen LogP contribution in [0, 0.1) is 0 Å². The van der Waals surface area contributed by atoms with Crippen LogP contribution in [0.15, 0.2) is 84.6 Å². The molecule has 1 heteroatoms. The Morgan fingerprint density at radius 1 is 0.600 bits per heavy atom. The molecule has 0 fully saturated rings. The van der Waals surface area contributed by atoms with Crippen LogP contribution >= 0.6 is 0 Å². The van der Waals surface area contributed by atoms with Crippen LogP contribution in [0.25, 0.3) is 0 Å². The molecule has 138 valence electrons. The zero-order chi connectivity index (χ0) is 18.4. The van der Waals surface area contributed by atoms with Crippen LogP contribution in [0.5, 0.6) is 0 Å². The summed E-state index contributed by atoms with van der Waals surface area (Å²) in [4.78, 5) is 0. The maximum Gasteiger partial charge on any atom is 0.0644 e. The molecule has 0 rings (SSSR count). The molecular formula is C24H36O. The predicted molar refractivity (Wildman–Crippen MR) is 114 cm³/mol. The second-order valence-electron chi connectivity index (χ2n) is 5.71. The lowest BCUT2D eigenvalue weighted by Gasteiger charge is -1.94. The van der Waals surface area contributed by atoms with Gasteiger partial charge in [-0.2, -0.15) is 0 Å². The van der Waals surface area contributed by atoms with Gasteiger partial charge in [-0.25, -0.2) is 0 Å². The second-order valence-corrected chi connectivity index (χ2v) is 5.71. The van der Waals surface area contributed by atoms with E-state index >= 15 is 0 Å². The van der Waals surface area contributed by atoms with Crippen molar-refractivity contribution in [3.63, 3.8) is 0 Å². The van der Waals surface area contributed by atoms with Gasteiger partial charge in [0.15, 0.2) is 0 Å². The summed E-state index contributed by atoms with van der Waals surface area (Å²) < 4.78 is 0. The Balaban J connectivity index is 3.65. The van der Waals surface area contributed by atoms with Gasteiger partial charge in [0, 0.05) is 0 Å². The minimum atomic E-state index is 0.155. The highest BCUT2D eigenvalue weighted by Crippen LogP contribution is 2.00. The lowest BCUT2D eigenvalue weighted by molar-refractivity contribution is 0.327. The van der Waals surface area contributed by atoms with Crippen LogP contribution in [-0.4, -0.2) is 11.7 Å². The zero-order valence-electron chi connectivity index (χ0n) is 16.1. The summed E-state index contributed by atoms with van der Waals surface area (Å²) in [5, 5.41) is 9.04. The van der Waals surface area contributed by atoms with E-state index in [2.05, 4.69) is 80.7 Å². The number of hydrogen-bond donors (Lipinski definition) is 1. The third-order valence-electron chi connectivity index (χ3n) is 3.56. The summed E-state index contributed by atoms with van der Waals surface area (Å²) in [7, 11) is 0. The lowest BCUT2D eigenvalue weighted by Crippen LogP contribution is -1.86. The average Bonchev–Trinajstić information content (AvgIpc) is 2.64. The molecule has 0 aliphatic carbocycles. The largest absolute Gasteiger partial charge is 0.392 e. The average molecular weight is 341 g/mol. The minimum Gasteiger partial charge on any atom is -0.392 e. The first-order valence-corrected chi connectivity index (χ1v) is 9.55. The van der Waals surface area contributed by atoms with E-state index in [0.29, 0.717) is 0 Å². The van der Waals surface area contributed by atoms with Gasteiger partial charge in [-0.3, -0.25) is 0 Å². The van der Waals surface area contributed by atoms with Gasteiger partial charge in [-0.1, -0.05) is 92.8 Å². The Hall–Kier alpha value is -1.86. The SMILES string of the molecule is CC/C=C/C/C=C/C/C=C/C/C=C/C/C=C/C/C=C/C=C(/CC)CO. The summed E-state index contributed by atoms with van der Waals surface area (Å²) in [6.45, 7) is 4.37. The highest BCUT2D eigenvalue weighted by Gasteiger charge is 1.86. The smallest absolute Gasteiger partial charge is 0.0644 e.